The monoisotopic (exact) mass is 483 g/mol. The summed E-state index contributed by atoms with van der Waals surface area (Å²) in [5.74, 6) is -1.41. The van der Waals surface area contributed by atoms with Crippen LogP contribution in [0.5, 0.6) is 0 Å². The first-order chi connectivity index (χ1) is 14.6. The van der Waals surface area contributed by atoms with Gasteiger partial charge in [-0.1, -0.05) is 6.92 Å². The number of fused-ring (bicyclic) bond motifs is 3. The number of aliphatic carboxylic acids is 1. The Hall–Kier alpha value is -2.34. The first kappa shape index (κ1) is 24.3. The van der Waals surface area contributed by atoms with Gasteiger partial charge in [0.25, 0.3) is 10.1 Å². The van der Waals surface area contributed by atoms with E-state index in [1.165, 1.54) is 12.1 Å². The van der Waals surface area contributed by atoms with E-state index in [-0.39, 0.29) is 10.8 Å². The van der Waals surface area contributed by atoms with Gasteiger partial charge in [0.1, 0.15) is 16.7 Å². The molecule has 32 heavy (non-hydrogen) atoms. The van der Waals surface area contributed by atoms with Gasteiger partial charge < -0.3 is 9.66 Å². The zero-order valence-electron chi connectivity index (χ0n) is 18.1. The van der Waals surface area contributed by atoms with Crippen LogP contribution in [0.15, 0.2) is 34.1 Å². The summed E-state index contributed by atoms with van der Waals surface area (Å²) in [6.45, 7) is 7.81. The molecule has 1 atom stereocenters. The Morgan fingerprint density at radius 1 is 1.16 bits per heavy atom. The molecule has 1 aliphatic rings. The van der Waals surface area contributed by atoms with Crippen molar-refractivity contribution in [2.24, 2.45) is 5.92 Å². The van der Waals surface area contributed by atoms with Crippen LogP contribution in [0.2, 0.25) is 0 Å². The first-order valence-electron chi connectivity index (χ1n) is 9.99. The lowest BCUT2D eigenvalue weighted by Gasteiger charge is -2.19. The fourth-order valence-corrected chi connectivity index (χ4v) is 5.70. The van der Waals surface area contributed by atoms with Crippen LogP contribution in [0.4, 0.5) is 5.69 Å². The van der Waals surface area contributed by atoms with Crippen molar-refractivity contribution in [2.75, 3.05) is 6.54 Å². The SMILES string of the molecule is CCC(CC[N+]1=C(C)C(C)(C)c2c1ccc1c(S(=O)(=O)[O-])cc(S(=O)(=O)O)cc21)C(=O)O. The molecule has 1 unspecified atom stereocenters. The molecule has 0 spiro atoms. The lowest BCUT2D eigenvalue weighted by Crippen LogP contribution is -2.28. The van der Waals surface area contributed by atoms with Gasteiger partial charge in [-0.05, 0) is 43.9 Å². The van der Waals surface area contributed by atoms with Gasteiger partial charge in [0.2, 0.25) is 5.69 Å². The zero-order valence-corrected chi connectivity index (χ0v) is 19.7. The predicted molar refractivity (Wildman–Crippen MR) is 116 cm³/mol. The molecule has 3 rings (SSSR count). The van der Waals surface area contributed by atoms with Crippen molar-refractivity contribution in [3.05, 3.63) is 29.8 Å². The molecule has 0 aliphatic carbocycles. The highest BCUT2D eigenvalue weighted by Crippen LogP contribution is 2.45. The van der Waals surface area contributed by atoms with Gasteiger partial charge in [0, 0.05) is 30.4 Å². The second kappa shape index (κ2) is 7.91. The largest absolute Gasteiger partial charge is 0.744 e. The van der Waals surface area contributed by atoms with E-state index < -0.39 is 47.3 Å². The van der Waals surface area contributed by atoms with Crippen molar-refractivity contribution >= 4 is 48.4 Å². The van der Waals surface area contributed by atoms with Gasteiger partial charge in [0.05, 0.1) is 21.1 Å². The normalized spacial score (nSPS) is 16.9. The topological polar surface area (TPSA) is 152 Å². The van der Waals surface area contributed by atoms with Crippen molar-refractivity contribution in [1.82, 2.24) is 0 Å². The Balaban J connectivity index is 2.31. The maximum atomic E-state index is 11.9. The molecule has 2 aromatic rings. The summed E-state index contributed by atoms with van der Waals surface area (Å²) < 4.78 is 70.8. The summed E-state index contributed by atoms with van der Waals surface area (Å²) in [7, 11) is -9.82. The molecule has 0 saturated carbocycles. The number of carbonyl (C=O) groups is 1. The standard InChI is InChI=1S/C21H25NO8S2/c1-5-13(20(23)24)8-9-22-12(2)21(3,4)19-16-10-14(31(25,26)27)11-18(32(28,29)30)15(16)6-7-17(19)22/h6-7,10-11,13H,5,8-9H2,1-4H3,(H2-,23,24,25,26,27,28,29,30). The van der Waals surface area contributed by atoms with Crippen LogP contribution in [0.1, 0.15) is 46.1 Å². The predicted octanol–water partition coefficient (Wildman–Crippen LogP) is 2.89. The number of hydrogen-bond acceptors (Lipinski definition) is 6. The van der Waals surface area contributed by atoms with Gasteiger partial charge in [-0.15, -0.1) is 0 Å². The van der Waals surface area contributed by atoms with Crippen molar-refractivity contribution in [1.29, 1.82) is 0 Å². The van der Waals surface area contributed by atoms with Gasteiger partial charge in [-0.25, -0.2) is 8.42 Å². The second-order valence-electron chi connectivity index (χ2n) is 8.50. The summed E-state index contributed by atoms with van der Waals surface area (Å²) in [5, 5.41) is 9.66. The van der Waals surface area contributed by atoms with Crippen LogP contribution < -0.4 is 0 Å². The molecular formula is C21H25NO8S2. The Kier molecular flexibility index (Phi) is 6.01. The quantitative estimate of drug-likeness (QED) is 0.450. The fraction of sp³-hybridized carbons (Fsp3) is 0.429. The lowest BCUT2D eigenvalue weighted by molar-refractivity contribution is -0.440. The molecule has 1 aliphatic heterocycles. The Labute approximate surface area is 186 Å². The summed E-state index contributed by atoms with van der Waals surface area (Å²) in [4.78, 5) is 10.0. The Morgan fingerprint density at radius 2 is 1.78 bits per heavy atom. The highest BCUT2D eigenvalue weighted by Gasteiger charge is 2.44. The number of rotatable bonds is 7. The maximum absolute atomic E-state index is 11.9. The number of nitrogens with zero attached hydrogens (tertiary/aromatic N) is 1. The van der Waals surface area contributed by atoms with Gasteiger partial charge in [0.15, 0.2) is 5.71 Å². The summed E-state index contributed by atoms with van der Waals surface area (Å²) in [5.41, 5.74) is 1.46. The average molecular weight is 484 g/mol. The molecule has 0 radical (unpaired) electrons. The Morgan fingerprint density at radius 3 is 2.28 bits per heavy atom. The summed E-state index contributed by atoms with van der Waals surface area (Å²) in [6.07, 6.45) is 0.848. The van der Waals surface area contributed by atoms with Crippen LogP contribution in [0.25, 0.3) is 10.8 Å². The van der Waals surface area contributed by atoms with Gasteiger partial charge >= 0.3 is 5.97 Å². The van der Waals surface area contributed by atoms with Crippen LogP contribution in [0.3, 0.4) is 0 Å². The summed E-state index contributed by atoms with van der Waals surface area (Å²) >= 11 is 0. The molecular weight excluding hydrogens is 458 g/mol. The Bertz CT molecular complexity index is 1370. The smallest absolute Gasteiger partial charge is 0.306 e. The number of hydrogen-bond donors (Lipinski definition) is 2. The van der Waals surface area contributed by atoms with E-state index in [2.05, 4.69) is 0 Å². The van der Waals surface area contributed by atoms with E-state index >= 15 is 0 Å². The van der Waals surface area contributed by atoms with E-state index in [4.69, 9.17) is 0 Å². The van der Waals surface area contributed by atoms with Crippen molar-refractivity contribution in [3.63, 3.8) is 0 Å². The minimum Gasteiger partial charge on any atom is -0.744 e. The van der Waals surface area contributed by atoms with Gasteiger partial charge in [-0.3, -0.25) is 9.35 Å². The van der Waals surface area contributed by atoms with Crippen molar-refractivity contribution < 1.29 is 40.4 Å². The highest BCUT2D eigenvalue weighted by atomic mass is 32.2. The molecule has 174 valence electrons. The van der Waals surface area contributed by atoms with Crippen molar-refractivity contribution in [3.8, 4) is 0 Å². The fourth-order valence-electron chi connectivity index (χ4n) is 4.38. The number of benzene rings is 2. The van der Waals surface area contributed by atoms with Crippen LogP contribution in [-0.4, -0.2) is 53.8 Å². The van der Waals surface area contributed by atoms with Crippen LogP contribution >= 0.6 is 0 Å². The molecule has 0 fully saturated rings. The van der Waals surface area contributed by atoms with Crippen LogP contribution in [-0.2, 0) is 30.4 Å². The van der Waals surface area contributed by atoms with E-state index in [1.807, 2.05) is 25.3 Å². The first-order valence-corrected chi connectivity index (χ1v) is 12.8. The minimum atomic E-state index is -5.04. The zero-order chi connectivity index (χ0) is 24.2. The summed E-state index contributed by atoms with van der Waals surface area (Å²) in [6, 6.07) is 4.92. The minimum absolute atomic E-state index is 0.0610. The molecule has 9 nitrogen and oxygen atoms in total. The molecule has 11 heteroatoms. The third kappa shape index (κ3) is 4.05. The van der Waals surface area contributed by atoms with E-state index in [1.54, 1.807) is 13.0 Å². The van der Waals surface area contributed by atoms with Gasteiger partial charge in [-0.2, -0.15) is 13.0 Å². The number of carboxylic acids is 1. The molecule has 2 aromatic carbocycles. The lowest BCUT2D eigenvalue weighted by atomic mass is 9.80. The van der Waals surface area contributed by atoms with Crippen molar-refractivity contribution in [2.45, 2.75) is 55.7 Å². The average Bonchev–Trinajstić information content (AvgIpc) is 2.86. The van der Waals surface area contributed by atoms with E-state index in [0.29, 0.717) is 36.7 Å². The molecule has 0 bridgehead atoms. The molecule has 0 saturated heterocycles. The highest BCUT2D eigenvalue weighted by molar-refractivity contribution is 7.86. The third-order valence-corrected chi connectivity index (χ3v) is 8.09. The molecule has 2 N–H and O–H groups in total. The molecule has 1 heterocycles. The third-order valence-electron chi connectivity index (χ3n) is 6.38. The second-order valence-corrected chi connectivity index (χ2v) is 11.3. The molecule has 0 aromatic heterocycles. The maximum Gasteiger partial charge on any atom is 0.306 e. The number of carboxylic acid groups (broad SMARTS) is 1. The molecule has 0 amide bonds. The van der Waals surface area contributed by atoms with E-state index in [0.717, 1.165) is 5.71 Å². The van der Waals surface area contributed by atoms with E-state index in [9.17, 15) is 35.8 Å². The van der Waals surface area contributed by atoms with Crippen LogP contribution in [0, 0.1) is 5.92 Å².